The number of benzene rings is 1. The van der Waals surface area contributed by atoms with Crippen molar-refractivity contribution in [2.75, 3.05) is 14.2 Å². The van der Waals surface area contributed by atoms with Crippen LogP contribution in [0.5, 0.6) is 0 Å². The van der Waals surface area contributed by atoms with E-state index in [-0.39, 0.29) is 24.3 Å². The van der Waals surface area contributed by atoms with Crippen LogP contribution in [0.3, 0.4) is 0 Å². The van der Waals surface area contributed by atoms with E-state index in [1.165, 1.54) is 14.2 Å². The van der Waals surface area contributed by atoms with Gasteiger partial charge in [-0.25, -0.2) is 0 Å². The topological polar surface area (TPSA) is 52.6 Å². The minimum Gasteiger partial charge on any atom is -0.469 e. The highest BCUT2D eigenvalue weighted by molar-refractivity contribution is 5.76. The Morgan fingerprint density at radius 3 is 2.22 bits per heavy atom. The minimum atomic E-state index is -0.392. The van der Waals surface area contributed by atoms with Gasteiger partial charge in [-0.2, -0.15) is 0 Å². The smallest absolute Gasteiger partial charge is 0.309 e. The summed E-state index contributed by atoms with van der Waals surface area (Å²) in [5, 5.41) is 0. The van der Waals surface area contributed by atoms with E-state index in [1.54, 1.807) is 6.92 Å². The van der Waals surface area contributed by atoms with Gasteiger partial charge < -0.3 is 9.47 Å². The van der Waals surface area contributed by atoms with Crippen LogP contribution in [0.4, 0.5) is 0 Å². The number of methoxy groups -OCH3 is 2. The van der Waals surface area contributed by atoms with Gasteiger partial charge in [0.05, 0.1) is 26.6 Å². The third-order valence-electron chi connectivity index (χ3n) is 3.02. The first-order valence-electron chi connectivity index (χ1n) is 5.79. The number of hydrogen-bond acceptors (Lipinski definition) is 4. The van der Waals surface area contributed by atoms with E-state index in [9.17, 15) is 9.59 Å². The molecule has 0 aliphatic carbocycles. The van der Waals surface area contributed by atoms with Crippen molar-refractivity contribution in [1.29, 1.82) is 0 Å². The number of esters is 2. The molecule has 0 heterocycles. The predicted octanol–water partition coefficient (Wildman–Crippen LogP) is 2.14. The van der Waals surface area contributed by atoms with Crippen molar-refractivity contribution >= 4 is 11.9 Å². The van der Waals surface area contributed by atoms with Crippen molar-refractivity contribution in [3.63, 3.8) is 0 Å². The Morgan fingerprint density at radius 1 is 1.11 bits per heavy atom. The average Bonchev–Trinajstić information content (AvgIpc) is 2.43. The third-order valence-corrected chi connectivity index (χ3v) is 3.02. The van der Waals surface area contributed by atoms with E-state index in [2.05, 4.69) is 4.74 Å². The average molecular weight is 250 g/mol. The summed E-state index contributed by atoms with van der Waals surface area (Å²) >= 11 is 0. The van der Waals surface area contributed by atoms with Crippen LogP contribution in [-0.4, -0.2) is 26.2 Å². The minimum absolute atomic E-state index is 0.163. The quantitative estimate of drug-likeness (QED) is 0.751. The number of ether oxygens (including phenoxy) is 2. The Kier molecular flexibility index (Phi) is 5.36. The van der Waals surface area contributed by atoms with Gasteiger partial charge in [-0.1, -0.05) is 37.3 Å². The highest BCUT2D eigenvalue weighted by atomic mass is 16.5. The Labute approximate surface area is 107 Å². The number of rotatable bonds is 5. The van der Waals surface area contributed by atoms with Gasteiger partial charge in [0.2, 0.25) is 0 Å². The Bertz CT molecular complexity index is 400. The van der Waals surface area contributed by atoms with E-state index in [1.807, 2.05) is 30.3 Å². The first-order chi connectivity index (χ1) is 8.60. The molecule has 0 amide bonds. The second-order valence-electron chi connectivity index (χ2n) is 4.11. The summed E-state index contributed by atoms with van der Waals surface area (Å²) in [7, 11) is 2.69. The summed E-state index contributed by atoms with van der Waals surface area (Å²) in [6.45, 7) is 1.76. The summed E-state index contributed by atoms with van der Waals surface area (Å²) in [5.74, 6) is -1.28. The summed E-state index contributed by atoms with van der Waals surface area (Å²) in [5.41, 5.74) is 0.931. The molecule has 0 fully saturated rings. The molecule has 98 valence electrons. The van der Waals surface area contributed by atoms with E-state index >= 15 is 0 Å². The van der Waals surface area contributed by atoms with Crippen molar-refractivity contribution in [2.45, 2.75) is 19.3 Å². The van der Waals surface area contributed by atoms with Gasteiger partial charge in [0.15, 0.2) is 0 Å². The molecule has 0 aliphatic rings. The van der Waals surface area contributed by atoms with Crippen LogP contribution in [0, 0.1) is 5.92 Å². The molecule has 0 spiro atoms. The van der Waals surface area contributed by atoms with Crippen molar-refractivity contribution in [1.82, 2.24) is 0 Å². The van der Waals surface area contributed by atoms with Gasteiger partial charge >= 0.3 is 11.9 Å². The van der Waals surface area contributed by atoms with E-state index in [0.29, 0.717) is 0 Å². The maximum atomic E-state index is 11.6. The lowest BCUT2D eigenvalue weighted by atomic mass is 9.84. The molecular weight excluding hydrogens is 232 g/mol. The van der Waals surface area contributed by atoms with Gasteiger partial charge in [-0.05, 0) is 5.56 Å². The molecule has 0 radical (unpaired) electrons. The van der Waals surface area contributed by atoms with Crippen LogP contribution in [0.15, 0.2) is 30.3 Å². The van der Waals surface area contributed by atoms with Gasteiger partial charge in [0, 0.05) is 5.92 Å². The lowest BCUT2D eigenvalue weighted by Crippen LogP contribution is -2.23. The second kappa shape index (κ2) is 6.79. The molecule has 0 bridgehead atoms. The number of carbonyl (C=O) groups excluding carboxylic acids is 2. The van der Waals surface area contributed by atoms with Gasteiger partial charge in [0.25, 0.3) is 0 Å². The molecule has 0 saturated heterocycles. The van der Waals surface area contributed by atoms with Crippen LogP contribution < -0.4 is 0 Å². The molecule has 0 aromatic heterocycles. The first-order valence-corrected chi connectivity index (χ1v) is 5.79. The Hall–Kier alpha value is -1.84. The molecule has 1 rings (SSSR count). The molecule has 0 aliphatic heterocycles. The largest absolute Gasteiger partial charge is 0.469 e. The van der Waals surface area contributed by atoms with E-state index < -0.39 is 5.92 Å². The molecule has 4 nitrogen and oxygen atoms in total. The molecular formula is C14H18O4. The maximum Gasteiger partial charge on any atom is 0.309 e. The van der Waals surface area contributed by atoms with Crippen LogP contribution in [0.25, 0.3) is 0 Å². The zero-order valence-electron chi connectivity index (χ0n) is 10.9. The zero-order chi connectivity index (χ0) is 13.5. The van der Waals surface area contributed by atoms with Crippen molar-refractivity contribution in [2.24, 2.45) is 5.92 Å². The van der Waals surface area contributed by atoms with Crippen LogP contribution in [0.2, 0.25) is 0 Å². The third kappa shape index (κ3) is 3.58. The second-order valence-corrected chi connectivity index (χ2v) is 4.11. The summed E-state index contributed by atoms with van der Waals surface area (Å²) in [4.78, 5) is 23.1. The molecule has 2 atom stereocenters. The van der Waals surface area contributed by atoms with Gasteiger partial charge in [-0.15, -0.1) is 0 Å². The molecule has 0 unspecified atom stereocenters. The predicted molar refractivity (Wildman–Crippen MR) is 67.0 cm³/mol. The summed E-state index contributed by atoms with van der Waals surface area (Å²) < 4.78 is 9.41. The summed E-state index contributed by atoms with van der Waals surface area (Å²) in [6.07, 6.45) is 0.163. The highest BCUT2D eigenvalue weighted by Gasteiger charge is 2.28. The van der Waals surface area contributed by atoms with Crippen LogP contribution >= 0.6 is 0 Å². The molecule has 0 saturated carbocycles. The Morgan fingerprint density at radius 2 is 1.72 bits per heavy atom. The molecule has 1 aromatic rings. The van der Waals surface area contributed by atoms with Crippen LogP contribution in [0.1, 0.15) is 24.8 Å². The van der Waals surface area contributed by atoms with Crippen molar-refractivity contribution in [3.05, 3.63) is 35.9 Å². The fraction of sp³-hybridized carbons (Fsp3) is 0.429. The lowest BCUT2D eigenvalue weighted by molar-refractivity contribution is -0.147. The maximum absolute atomic E-state index is 11.6. The highest BCUT2D eigenvalue weighted by Crippen LogP contribution is 2.29. The van der Waals surface area contributed by atoms with Gasteiger partial charge in [0.1, 0.15) is 0 Å². The molecule has 0 N–H and O–H groups in total. The zero-order valence-corrected chi connectivity index (χ0v) is 10.9. The first kappa shape index (κ1) is 14.2. The SMILES string of the molecule is COC(=O)C[C@H](c1ccccc1)[C@H](C)C(=O)OC. The van der Waals surface area contributed by atoms with E-state index in [4.69, 9.17) is 4.74 Å². The number of hydrogen-bond donors (Lipinski definition) is 0. The fourth-order valence-electron chi connectivity index (χ4n) is 1.90. The molecule has 4 heteroatoms. The molecule has 1 aromatic carbocycles. The van der Waals surface area contributed by atoms with Crippen molar-refractivity contribution < 1.29 is 19.1 Å². The van der Waals surface area contributed by atoms with Crippen molar-refractivity contribution in [3.8, 4) is 0 Å². The van der Waals surface area contributed by atoms with Gasteiger partial charge in [-0.3, -0.25) is 9.59 Å². The summed E-state index contributed by atoms with van der Waals surface area (Å²) in [6, 6.07) is 9.44. The van der Waals surface area contributed by atoms with Crippen LogP contribution in [-0.2, 0) is 19.1 Å². The standard InChI is InChI=1S/C14H18O4/c1-10(14(16)18-3)12(9-13(15)17-2)11-7-5-4-6-8-11/h4-8,10,12H,9H2,1-3H3/t10-,12-/m0/s1. The fourth-order valence-corrected chi connectivity index (χ4v) is 1.90. The number of carbonyl (C=O) groups is 2. The lowest BCUT2D eigenvalue weighted by Gasteiger charge is -2.21. The Balaban J connectivity index is 2.95. The van der Waals surface area contributed by atoms with E-state index in [0.717, 1.165) is 5.56 Å². The normalized spacial score (nSPS) is 13.5. The molecule has 18 heavy (non-hydrogen) atoms. The monoisotopic (exact) mass is 250 g/mol.